The summed E-state index contributed by atoms with van der Waals surface area (Å²) in [5.41, 5.74) is 4.11. The van der Waals surface area contributed by atoms with Crippen molar-refractivity contribution < 1.29 is 23.4 Å². The van der Waals surface area contributed by atoms with E-state index in [9.17, 15) is 9.18 Å². The van der Waals surface area contributed by atoms with Crippen molar-refractivity contribution >= 4 is 5.78 Å². The van der Waals surface area contributed by atoms with E-state index < -0.39 is 11.9 Å². The minimum Gasteiger partial charge on any atom is -0.488 e. The van der Waals surface area contributed by atoms with Crippen molar-refractivity contribution in [3.63, 3.8) is 0 Å². The van der Waals surface area contributed by atoms with Gasteiger partial charge < -0.3 is 14.2 Å². The summed E-state index contributed by atoms with van der Waals surface area (Å²) in [4.78, 5) is 13.0. The number of Topliss-reactive ketones (excluding diaryl/α,β-unsaturated/α-hetero) is 1. The Morgan fingerprint density at radius 1 is 0.829 bits per heavy atom. The Morgan fingerprint density at radius 2 is 1.46 bits per heavy atom. The van der Waals surface area contributed by atoms with E-state index in [1.165, 1.54) is 6.07 Å². The van der Waals surface area contributed by atoms with E-state index in [1.54, 1.807) is 12.1 Å². The second-order valence-electron chi connectivity index (χ2n) is 8.62. The lowest BCUT2D eigenvalue weighted by Gasteiger charge is -2.27. The van der Waals surface area contributed by atoms with Crippen LogP contribution in [0.2, 0.25) is 0 Å². The van der Waals surface area contributed by atoms with Gasteiger partial charge in [-0.1, -0.05) is 66.7 Å². The first-order valence-electron chi connectivity index (χ1n) is 11.5. The Labute approximate surface area is 203 Å². The maximum atomic E-state index is 14.8. The maximum Gasteiger partial charge on any atom is 0.182 e. The van der Waals surface area contributed by atoms with E-state index in [2.05, 4.69) is 0 Å². The third-order valence-corrected chi connectivity index (χ3v) is 5.93. The van der Waals surface area contributed by atoms with Crippen molar-refractivity contribution in [2.75, 3.05) is 0 Å². The van der Waals surface area contributed by atoms with Crippen LogP contribution in [-0.4, -0.2) is 5.78 Å². The zero-order valence-electron chi connectivity index (χ0n) is 19.4. The predicted molar refractivity (Wildman–Crippen MR) is 131 cm³/mol. The third-order valence-electron chi connectivity index (χ3n) is 5.93. The molecular formula is C30H25FO4. The Morgan fingerprint density at radius 3 is 2.09 bits per heavy atom. The number of hydrogen-bond acceptors (Lipinski definition) is 4. The fraction of sp³-hybridized carbons (Fsp3) is 0.167. The molecule has 1 unspecified atom stereocenters. The zero-order chi connectivity index (χ0) is 24.2. The molecule has 5 heteroatoms. The number of carbonyl (C=O) groups is 1. The van der Waals surface area contributed by atoms with Gasteiger partial charge in [0, 0.05) is 17.5 Å². The molecule has 1 aliphatic rings. The van der Waals surface area contributed by atoms with Crippen LogP contribution in [0.5, 0.6) is 17.2 Å². The largest absolute Gasteiger partial charge is 0.488 e. The molecule has 0 aliphatic carbocycles. The maximum absolute atomic E-state index is 14.8. The number of hydrogen-bond donors (Lipinski definition) is 0. The number of halogens is 1. The standard InChI is InChI=1S/C30H25FO4/c1-20-14-28(34-19-22-10-6-3-7-11-22)24-17-26(32)30(35-29(24)15-20)23-12-13-27(25(31)16-23)33-18-21-8-4-2-5-9-21/h2-16,30H,17-19H2,1H3. The minimum atomic E-state index is -0.885. The normalized spacial score (nSPS) is 14.7. The lowest BCUT2D eigenvalue weighted by molar-refractivity contribution is -0.126. The summed E-state index contributed by atoms with van der Waals surface area (Å²) in [6.45, 7) is 2.60. The predicted octanol–water partition coefficient (Wildman–Crippen LogP) is 6.54. The molecule has 0 radical (unpaired) electrons. The molecule has 0 aromatic heterocycles. The smallest absolute Gasteiger partial charge is 0.182 e. The van der Waals surface area contributed by atoms with Crippen LogP contribution in [0.15, 0.2) is 91.0 Å². The van der Waals surface area contributed by atoms with Gasteiger partial charge >= 0.3 is 0 Å². The number of benzene rings is 4. The lowest BCUT2D eigenvalue weighted by atomic mass is 9.94. The van der Waals surface area contributed by atoms with Crippen LogP contribution in [0.25, 0.3) is 0 Å². The first kappa shape index (κ1) is 22.7. The first-order valence-corrected chi connectivity index (χ1v) is 11.5. The zero-order valence-corrected chi connectivity index (χ0v) is 19.4. The first-order chi connectivity index (χ1) is 17.1. The molecule has 1 heterocycles. The monoisotopic (exact) mass is 468 g/mol. The van der Waals surface area contributed by atoms with Crippen LogP contribution in [0, 0.1) is 12.7 Å². The number of rotatable bonds is 7. The Bertz CT molecular complexity index is 1340. The summed E-state index contributed by atoms with van der Waals surface area (Å²) < 4.78 is 32.6. The van der Waals surface area contributed by atoms with Crippen LogP contribution < -0.4 is 14.2 Å². The fourth-order valence-corrected chi connectivity index (χ4v) is 4.14. The van der Waals surface area contributed by atoms with Gasteiger partial charge in [-0.2, -0.15) is 0 Å². The minimum absolute atomic E-state index is 0.133. The summed E-state index contributed by atoms with van der Waals surface area (Å²) in [5, 5.41) is 0. The Balaban J connectivity index is 1.33. The summed E-state index contributed by atoms with van der Waals surface area (Å²) in [7, 11) is 0. The number of carbonyl (C=O) groups excluding carboxylic acids is 1. The van der Waals surface area contributed by atoms with Gasteiger partial charge in [0.05, 0.1) is 0 Å². The van der Waals surface area contributed by atoms with E-state index >= 15 is 0 Å². The van der Waals surface area contributed by atoms with Gasteiger partial charge in [0.15, 0.2) is 23.5 Å². The van der Waals surface area contributed by atoms with Crippen LogP contribution in [0.3, 0.4) is 0 Å². The number of ketones is 1. The molecule has 0 fully saturated rings. The van der Waals surface area contributed by atoms with Crippen molar-refractivity contribution in [1.82, 2.24) is 0 Å². The second-order valence-corrected chi connectivity index (χ2v) is 8.62. The third kappa shape index (κ3) is 5.19. The fourth-order valence-electron chi connectivity index (χ4n) is 4.14. The van der Waals surface area contributed by atoms with Crippen molar-refractivity contribution in [1.29, 1.82) is 0 Å². The molecule has 0 N–H and O–H groups in total. The number of fused-ring (bicyclic) bond motifs is 1. The Hall–Kier alpha value is -4.12. The van der Waals surface area contributed by atoms with Crippen molar-refractivity contribution in [2.45, 2.75) is 32.7 Å². The van der Waals surface area contributed by atoms with E-state index in [0.29, 0.717) is 23.7 Å². The van der Waals surface area contributed by atoms with Crippen molar-refractivity contribution in [3.8, 4) is 17.2 Å². The molecule has 4 aromatic carbocycles. The van der Waals surface area contributed by atoms with Gasteiger partial charge in [0.1, 0.15) is 24.7 Å². The van der Waals surface area contributed by atoms with E-state index in [4.69, 9.17) is 14.2 Å². The molecule has 4 aromatic rings. The molecule has 4 nitrogen and oxygen atoms in total. The molecule has 0 amide bonds. The van der Waals surface area contributed by atoms with Gasteiger partial charge in [-0.25, -0.2) is 4.39 Å². The summed E-state index contributed by atoms with van der Waals surface area (Å²) >= 11 is 0. The summed E-state index contributed by atoms with van der Waals surface area (Å²) in [6, 6.07) is 27.7. The van der Waals surface area contributed by atoms with E-state index in [-0.39, 0.29) is 24.6 Å². The molecule has 0 saturated heterocycles. The Kier molecular flexibility index (Phi) is 6.49. The van der Waals surface area contributed by atoms with E-state index in [1.807, 2.05) is 79.7 Å². The van der Waals surface area contributed by atoms with Crippen molar-refractivity contribution in [3.05, 3.63) is 125 Å². The molecule has 35 heavy (non-hydrogen) atoms. The van der Waals surface area contributed by atoms with Crippen LogP contribution >= 0.6 is 0 Å². The highest BCUT2D eigenvalue weighted by Gasteiger charge is 2.32. The van der Waals surface area contributed by atoms with Gasteiger partial charge in [-0.3, -0.25) is 4.79 Å². The van der Waals surface area contributed by atoms with Crippen LogP contribution in [0.1, 0.15) is 33.9 Å². The van der Waals surface area contributed by atoms with Crippen LogP contribution in [-0.2, 0) is 24.4 Å². The highest BCUT2D eigenvalue weighted by molar-refractivity contribution is 5.89. The average Bonchev–Trinajstić information content (AvgIpc) is 2.88. The van der Waals surface area contributed by atoms with Gasteiger partial charge in [0.25, 0.3) is 0 Å². The molecule has 1 aliphatic heterocycles. The van der Waals surface area contributed by atoms with Gasteiger partial charge in [-0.15, -0.1) is 0 Å². The molecule has 0 bridgehead atoms. The summed E-state index contributed by atoms with van der Waals surface area (Å²) in [6.07, 6.45) is -0.734. The molecule has 0 spiro atoms. The van der Waals surface area contributed by atoms with Gasteiger partial charge in [0.2, 0.25) is 0 Å². The molecule has 176 valence electrons. The van der Waals surface area contributed by atoms with Gasteiger partial charge in [-0.05, 0) is 47.9 Å². The van der Waals surface area contributed by atoms with Crippen molar-refractivity contribution in [2.24, 2.45) is 0 Å². The summed E-state index contributed by atoms with van der Waals surface area (Å²) in [5.74, 6) is 0.669. The average molecular weight is 469 g/mol. The number of ether oxygens (including phenoxy) is 3. The molecule has 1 atom stereocenters. The number of aryl methyl sites for hydroxylation is 1. The SMILES string of the molecule is Cc1cc(OCc2ccccc2)c2c(c1)OC(c1ccc(OCc3ccccc3)c(F)c1)C(=O)C2. The quantitative estimate of drug-likeness (QED) is 0.309. The van der Waals surface area contributed by atoms with E-state index in [0.717, 1.165) is 22.3 Å². The molecule has 5 rings (SSSR count). The topological polar surface area (TPSA) is 44.8 Å². The highest BCUT2D eigenvalue weighted by atomic mass is 19.1. The lowest BCUT2D eigenvalue weighted by Crippen LogP contribution is -2.26. The molecular weight excluding hydrogens is 443 g/mol. The highest BCUT2D eigenvalue weighted by Crippen LogP contribution is 2.40. The van der Waals surface area contributed by atoms with Crippen LogP contribution in [0.4, 0.5) is 4.39 Å². The molecule has 0 saturated carbocycles. The second kappa shape index (κ2) is 10.0.